The fourth-order valence-electron chi connectivity index (χ4n) is 6.46. The first-order valence-corrected chi connectivity index (χ1v) is 15.3. The lowest BCUT2D eigenvalue weighted by Gasteiger charge is -2.38. The fourth-order valence-corrected chi connectivity index (χ4v) is 7.67. The van der Waals surface area contributed by atoms with Crippen molar-refractivity contribution in [1.29, 1.82) is 0 Å². The van der Waals surface area contributed by atoms with E-state index < -0.39 is 0 Å². The Hall–Kier alpha value is -4.92. The summed E-state index contributed by atoms with van der Waals surface area (Å²) in [6, 6.07) is 48.2. The minimum atomic E-state index is 0.239. The largest absolute Gasteiger partial charge is 0.314 e. The van der Waals surface area contributed by atoms with Gasteiger partial charge in [-0.2, -0.15) is 0 Å². The summed E-state index contributed by atoms with van der Waals surface area (Å²) in [6.07, 6.45) is 11.7. The van der Waals surface area contributed by atoms with Gasteiger partial charge in [0, 0.05) is 38.5 Å². The third-order valence-electron chi connectivity index (χ3n) is 8.47. The highest BCUT2D eigenvalue weighted by Gasteiger charge is 2.35. The topological polar surface area (TPSA) is 3.24 Å². The van der Waals surface area contributed by atoms with Gasteiger partial charge in [0.25, 0.3) is 0 Å². The first-order chi connectivity index (χ1) is 20.8. The second kappa shape index (κ2) is 10.5. The Balaban J connectivity index is 1.29. The number of fused-ring (bicyclic) bond motifs is 5. The molecule has 0 N–H and O–H groups in total. The van der Waals surface area contributed by atoms with Crippen molar-refractivity contribution < 1.29 is 0 Å². The zero-order chi connectivity index (χ0) is 27.9. The molecule has 0 spiro atoms. The van der Waals surface area contributed by atoms with Crippen molar-refractivity contribution >= 4 is 38.9 Å². The summed E-state index contributed by atoms with van der Waals surface area (Å²) in [5.41, 5.74) is 10.0. The summed E-state index contributed by atoms with van der Waals surface area (Å²) in [4.78, 5) is 3.83. The molecule has 200 valence electrons. The average molecular weight is 556 g/mol. The molecule has 42 heavy (non-hydrogen) atoms. The molecule has 0 saturated carbocycles. The second-order valence-corrected chi connectivity index (χ2v) is 12.0. The SMILES string of the molecule is C1=CC2C(N(c3ccc(-c4ccccc4)cc3)c3ccc(-c4ccccc4)cc3)=Cc3sc4ccccc4c3C2C=C1. The Morgan fingerprint density at radius 1 is 0.476 bits per heavy atom. The third kappa shape index (κ3) is 4.32. The lowest BCUT2D eigenvalue weighted by molar-refractivity contribution is 0.649. The Morgan fingerprint density at radius 3 is 1.57 bits per heavy atom. The predicted octanol–water partition coefficient (Wildman–Crippen LogP) is 11.3. The Labute approximate surface area is 251 Å². The lowest BCUT2D eigenvalue weighted by Crippen LogP contribution is -2.28. The molecule has 0 amide bonds. The van der Waals surface area contributed by atoms with Gasteiger partial charge in [0.05, 0.1) is 0 Å². The molecule has 2 heteroatoms. The molecule has 1 heterocycles. The van der Waals surface area contributed by atoms with Crippen molar-refractivity contribution in [1.82, 2.24) is 0 Å². The predicted molar refractivity (Wildman–Crippen MR) is 180 cm³/mol. The quantitative estimate of drug-likeness (QED) is 0.204. The van der Waals surface area contributed by atoms with Crippen molar-refractivity contribution in [3.63, 3.8) is 0 Å². The average Bonchev–Trinajstić information content (AvgIpc) is 3.45. The zero-order valence-electron chi connectivity index (χ0n) is 23.1. The minimum absolute atomic E-state index is 0.239. The molecule has 0 aliphatic heterocycles. The van der Waals surface area contributed by atoms with Crippen LogP contribution in [0.5, 0.6) is 0 Å². The van der Waals surface area contributed by atoms with E-state index in [0.29, 0.717) is 5.92 Å². The summed E-state index contributed by atoms with van der Waals surface area (Å²) in [5.74, 6) is 0.541. The Morgan fingerprint density at radius 2 is 0.976 bits per heavy atom. The van der Waals surface area contributed by atoms with Crippen LogP contribution in [0.3, 0.4) is 0 Å². The normalized spacial score (nSPS) is 17.0. The van der Waals surface area contributed by atoms with Crippen LogP contribution in [0.4, 0.5) is 11.4 Å². The van der Waals surface area contributed by atoms with Crippen LogP contribution in [-0.4, -0.2) is 0 Å². The van der Waals surface area contributed by atoms with Gasteiger partial charge < -0.3 is 4.90 Å². The van der Waals surface area contributed by atoms with Gasteiger partial charge in [-0.05, 0) is 69.6 Å². The van der Waals surface area contributed by atoms with Crippen LogP contribution in [0.1, 0.15) is 16.4 Å². The summed E-state index contributed by atoms with van der Waals surface area (Å²) in [7, 11) is 0. The van der Waals surface area contributed by atoms with E-state index in [1.54, 1.807) is 0 Å². The van der Waals surface area contributed by atoms with E-state index in [1.165, 1.54) is 59.9 Å². The maximum atomic E-state index is 2.47. The number of hydrogen-bond acceptors (Lipinski definition) is 2. The van der Waals surface area contributed by atoms with E-state index in [2.05, 4.69) is 169 Å². The molecule has 1 aromatic heterocycles. The van der Waals surface area contributed by atoms with Crippen LogP contribution in [0, 0.1) is 5.92 Å². The fraction of sp³-hybridized carbons (Fsp3) is 0.0500. The number of allylic oxidation sites excluding steroid dienone is 4. The molecule has 0 radical (unpaired) electrons. The molecule has 1 nitrogen and oxygen atoms in total. The van der Waals surface area contributed by atoms with Gasteiger partial charge in [0.2, 0.25) is 0 Å². The molecule has 6 aromatic rings. The van der Waals surface area contributed by atoms with E-state index in [4.69, 9.17) is 0 Å². The van der Waals surface area contributed by atoms with E-state index in [-0.39, 0.29) is 5.92 Å². The van der Waals surface area contributed by atoms with Crippen molar-refractivity contribution in [3.05, 3.63) is 174 Å². The molecular formula is C40H29NS. The van der Waals surface area contributed by atoms with Crippen molar-refractivity contribution in [2.24, 2.45) is 5.92 Å². The summed E-state index contributed by atoms with van der Waals surface area (Å²) in [5, 5.41) is 1.38. The number of nitrogens with zero attached hydrogens (tertiary/aromatic N) is 1. The molecular weight excluding hydrogens is 527 g/mol. The maximum absolute atomic E-state index is 2.47. The third-order valence-corrected chi connectivity index (χ3v) is 9.61. The smallest absolute Gasteiger partial charge is 0.0459 e. The summed E-state index contributed by atoms with van der Waals surface area (Å²) >= 11 is 1.91. The standard InChI is InChI=1S/C40H29NS/c1-3-11-28(12-4-1)30-19-23-32(24-20-30)41(33-25-21-31(22-26-33)29-13-5-2-6-14-29)37-27-39-40(35-16-8-7-15-34(35)37)36-17-9-10-18-38(36)42-39/h1-27,34-35H. The van der Waals surface area contributed by atoms with Gasteiger partial charge in [-0.1, -0.05) is 127 Å². The van der Waals surface area contributed by atoms with E-state index in [0.717, 1.165) is 0 Å². The molecule has 2 unspecified atom stereocenters. The van der Waals surface area contributed by atoms with Crippen LogP contribution in [0.15, 0.2) is 163 Å². The number of hydrogen-bond donors (Lipinski definition) is 0. The number of thiophene rings is 1. The van der Waals surface area contributed by atoms with E-state index in [9.17, 15) is 0 Å². The van der Waals surface area contributed by atoms with Gasteiger partial charge in [0.1, 0.15) is 0 Å². The van der Waals surface area contributed by atoms with Crippen LogP contribution < -0.4 is 4.90 Å². The van der Waals surface area contributed by atoms with Crippen LogP contribution in [-0.2, 0) is 0 Å². The monoisotopic (exact) mass is 555 g/mol. The molecule has 5 aromatic carbocycles. The molecule has 2 aliphatic rings. The van der Waals surface area contributed by atoms with Crippen molar-refractivity contribution in [2.45, 2.75) is 5.92 Å². The van der Waals surface area contributed by atoms with Crippen LogP contribution >= 0.6 is 11.3 Å². The van der Waals surface area contributed by atoms with E-state index in [1.807, 2.05) is 11.3 Å². The maximum Gasteiger partial charge on any atom is 0.0459 e. The molecule has 0 bridgehead atoms. The molecule has 8 rings (SSSR count). The van der Waals surface area contributed by atoms with Crippen molar-refractivity contribution in [3.8, 4) is 22.3 Å². The highest BCUT2D eigenvalue weighted by Crippen LogP contribution is 2.51. The molecule has 0 saturated heterocycles. The minimum Gasteiger partial charge on any atom is -0.314 e. The van der Waals surface area contributed by atoms with Crippen LogP contribution in [0.25, 0.3) is 38.4 Å². The highest BCUT2D eigenvalue weighted by molar-refractivity contribution is 7.20. The molecule has 0 fully saturated rings. The zero-order valence-corrected chi connectivity index (χ0v) is 23.9. The van der Waals surface area contributed by atoms with E-state index >= 15 is 0 Å². The summed E-state index contributed by atoms with van der Waals surface area (Å²) < 4.78 is 1.35. The van der Waals surface area contributed by atoms with Gasteiger partial charge in [-0.3, -0.25) is 0 Å². The summed E-state index contributed by atoms with van der Waals surface area (Å²) in [6.45, 7) is 0. The van der Waals surface area contributed by atoms with Gasteiger partial charge in [0.15, 0.2) is 0 Å². The first-order valence-electron chi connectivity index (χ1n) is 14.5. The second-order valence-electron chi connectivity index (χ2n) is 10.9. The number of rotatable bonds is 5. The Bertz CT molecular complexity index is 1880. The number of anilines is 2. The van der Waals surface area contributed by atoms with Gasteiger partial charge >= 0.3 is 0 Å². The number of benzene rings is 5. The van der Waals surface area contributed by atoms with Crippen molar-refractivity contribution in [2.75, 3.05) is 4.90 Å². The first kappa shape index (κ1) is 24.8. The lowest BCUT2D eigenvalue weighted by atomic mass is 9.76. The van der Waals surface area contributed by atoms with Crippen LogP contribution in [0.2, 0.25) is 0 Å². The highest BCUT2D eigenvalue weighted by atomic mass is 32.1. The molecule has 2 atom stereocenters. The Kier molecular flexibility index (Phi) is 6.20. The molecule has 2 aliphatic carbocycles. The van der Waals surface area contributed by atoms with Gasteiger partial charge in [-0.15, -0.1) is 11.3 Å². The van der Waals surface area contributed by atoms with Gasteiger partial charge in [-0.25, -0.2) is 0 Å².